The quantitative estimate of drug-likeness (QED) is 0.658. The molecular formula is C21H28ClFN6O3S. The van der Waals surface area contributed by atoms with Gasteiger partial charge in [-0.25, -0.2) is 13.2 Å². The van der Waals surface area contributed by atoms with Gasteiger partial charge >= 0.3 is 6.03 Å². The highest BCUT2D eigenvalue weighted by Gasteiger charge is 2.28. The molecular weight excluding hydrogens is 471 g/mol. The number of alkyl halides is 1. The lowest BCUT2D eigenvalue weighted by Crippen LogP contribution is -2.49. The van der Waals surface area contributed by atoms with Crippen molar-refractivity contribution in [2.45, 2.75) is 13.0 Å². The summed E-state index contributed by atoms with van der Waals surface area (Å²) in [4.78, 5) is 18.9. The van der Waals surface area contributed by atoms with Gasteiger partial charge in [0, 0.05) is 64.0 Å². The first kappa shape index (κ1) is 23.8. The number of hydrogen-bond donors (Lipinski definition) is 1. The Morgan fingerprint density at radius 2 is 1.97 bits per heavy atom. The molecule has 0 bridgehead atoms. The summed E-state index contributed by atoms with van der Waals surface area (Å²) in [7, 11) is -3.46. The molecule has 1 aromatic heterocycles. The molecule has 9 nitrogen and oxygen atoms in total. The monoisotopic (exact) mass is 498 g/mol. The molecule has 0 unspecified atom stereocenters. The molecule has 1 aromatic carbocycles. The van der Waals surface area contributed by atoms with Crippen molar-refractivity contribution in [3.63, 3.8) is 0 Å². The SMILES string of the molecule is CS(=O)(=O)Nc1ccn(C(=O)N2CCN(Cc3cccc(Cl)c3N3CC[C@H](CF)C3)CC2)n1. The minimum atomic E-state index is -3.46. The van der Waals surface area contributed by atoms with Crippen LogP contribution in [0.1, 0.15) is 12.0 Å². The van der Waals surface area contributed by atoms with Gasteiger partial charge < -0.3 is 9.80 Å². The minimum absolute atomic E-state index is 0.0547. The number of benzene rings is 1. The van der Waals surface area contributed by atoms with Crippen LogP contribution in [0.3, 0.4) is 0 Å². The molecule has 2 aliphatic rings. The average molecular weight is 499 g/mol. The molecule has 1 atom stereocenters. The number of nitrogens with one attached hydrogen (secondary N) is 1. The van der Waals surface area contributed by atoms with Crippen LogP contribution in [-0.2, 0) is 16.6 Å². The van der Waals surface area contributed by atoms with Gasteiger partial charge in [-0.15, -0.1) is 5.10 Å². The highest BCUT2D eigenvalue weighted by Crippen LogP contribution is 2.34. The fourth-order valence-electron chi connectivity index (χ4n) is 4.36. The number of piperazine rings is 1. The first-order valence-electron chi connectivity index (χ1n) is 10.9. The largest absolute Gasteiger partial charge is 0.370 e. The van der Waals surface area contributed by atoms with E-state index in [0.717, 1.165) is 35.2 Å². The molecule has 1 N–H and O–H groups in total. The zero-order valence-corrected chi connectivity index (χ0v) is 20.0. The first-order chi connectivity index (χ1) is 15.7. The Kier molecular flexibility index (Phi) is 7.10. The van der Waals surface area contributed by atoms with E-state index in [1.165, 1.54) is 12.3 Å². The van der Waals surface area contributed by atoms with E-state index in [1.54, 1.807) is 4.90 Å². The molecule has 2 fully saturated rings. The Morgan fingerprint density at radius 3 is 2.64 bits per heavy atom. The van der Waals surface area contributed by atoms with E-state index in [2.05, 4.69) is 25.7 Å². The third-order valence-electron chi connectivity index (χ3n) is 6.00. The smallest absolute Gasteiger partial charge is 0.344 e. The van der Waals surface area contributed by atoms with Gasteiger partial charge in [0.1, 0.15) is 0 Å². The van der Waals surface area contributed by atoms with Gasteiger partial charge in [0.15, 0.2) is 5.82 Å². The highest BCUT2D eigenvalue weighted by molar-refractivity contribution is 7.92. The number of para-hydroxylation sites is 1. The number of amides is 1. The second-order valence-electron chi connectivity index (χ2n) is 8.57. The second kappa shape index (κ2) is 9.86. The minimum Gasteiger partial charge on any atom is -0.370 e. The average Bonchev–Trinajstić information content (AvgIpc) is 3.42. The van der Waals surface area contributed by atoms with Crippen LogP contribution >= 0.6 is 11.6 Å². The van der Waals surface area contributed by atoms with Crippen LogP contribution in [-0.4, -0.2) is 86.2 Å². The Balaban J connectivity index is 1.37. The van der Waals surface area contributed by atoms with Gasteiger partial charge in [0.05, 0.1) is 23.6 Å². The normalized spacial score (nSPS) is 19.8. The van der Waals surface area contributed by atoms with Gasteiger partial charge in [-0.2, -0.15) is 4.68 Å². The summed E-state index contributed by atoms with van der Waals surface area (Å²) in [6, 6.07) is 7.01. The van der Waals surface area contributed by atoms with Crippen LogP contribution in [0.5, 0.6) is 0 Å². The fraction of sp³-hybridized carbons (Fsp3) is 0.524. The maximum Gasteiger partial charge on any atom is 0.344 e. The highest BCUT2D eigenvalue weighted by atomic mass is 35.5. The molecule has 12 heteroatoms. The maximum absolute atomic E-state index is 13.1. The number of rotatable bonds is 6. The van der Waals surface area contributed by atoms with Crippen LogP contribution in [0.15, 0.2) is 30.5 Å². The molecule has 0 aliphatic carbocycles. The topological polar surface area (TPSA) is 90.8 Å². The second-order valence-corrected chi connectivity index (χ2v) is 10.7. The van der Waals surface area contributed by atoms with Crippen molar-refractivity contribution < 1.29 is 17.6 Å². The summed E-state index contributed by atoms with van der Waals surface area (Å²) >= 11 is 6.53. The fourth-order valence-corrected chi connectivity index (χ4v) is 5.16. The molecule has 0 saturated carbocycles. The number of carbonyl (C=O) groups excluding carboxylic acids is 1. The van der Waals surface area contributed by atoms with E-state index in [4.69, 9.17) is 11.6 Å². The molecule has 4 rings (SSSR count). The molecule has 180 valence electrons. The lowest BCUT2D eigenvalue weighted by atomic mass is 10.1. The summed E-state index contributed by atoms with van der Waals surface area (Å²) in [5.74, 6) is 0.161. The lowest BCUT2D eigenvalue weighted by molar-refractivity contribution is 0.134. The van der Waals surface area contributed by atoms with E-state index in [-0.39, 0.29) is 24.4 Å². The maximum atomic E-state index is 13.1. The third kappa shape index (κ3) is 5.77. The third-order valence-corrected chi connectivity index (χ3v) is 6.89. The van der Waals surface area contributed by atoms with E-state index >= 15 is 0 Å². The summed E-state index contributed by atoms with van der Waals surface area (Å²) < 4.78 is 39.2. The van der Waals surface area contributed by atoms with Gasteiger partial charge in [-0.3, -0.25) is 14.0 Å². The summed E-state index contributed by atoms with van der Waals surface area (Å²) in [6.07, 6.45) is 3.31. The molecule has 2 saturated heterocycles. The first-order valence-corrected chi connectivity index (χ1v) is 13.1. The van der Waals surface area contributed by atoms with Crippen molar-refractivity contribution in [2.24, 2.45) is 5.92 Å². The van der Waals surface area contributed by atoms with Crippen LogP contribution in [0, 0.1) is 5.92 Å². The van der Waals surface area contributed by atoms with Crippen molar-refractivity contribution >= 4 is 39.2 Å². The predicted octanol–water partition coefficient (Wildman–Crippen LogP) is 2.49. The van der Waals surface area contributed by atoms with Crippen LogP contribution in [0.25, 0.3) is 0 Å². The number of anilines is 2. The lowest BCUT2D eigenvalue weighted by Gasteiger charge is -2.35. The number of halogens is 2. The van der Waals surface area contributed by atoms with Crippen LogP contribution in [0.2, 0.25) is 5.02 Å². The van der Waals surface area contributed by atoms with Gasteiger partial charge in [0.2, 0.25) is 10.0 Å². The Labute approximate surface area is 198 Å². The van der Waals surface area contributed by atoms with Crippen molar-refractivity contribution in [1.29, 1.82) is 0 Å². The molecule has 0 spiro atoms. The number of nitrogens with zero attached hydrogens (tertiary/aromatic N) is 5. The van der Waals surface area contributed by atoms with Gasteiger partial charge in [-0.05, 0) is 18.1 Å². The Hall–Kier alpha value is -2.37. The summed E-state index contributed by atoms with van der Waals surface area (Å²) in [5, 5.41) is 4.69. The predicted molar refractivity (Wildman–Crippen MR) is 126 cm³/mol. The molecule has 0 radical (unpaired) electrons. The van der Waals surface area contributed by atoms with Crippen LogP contribution in [0.4, 0.5) is 20.7 Å². The van der Waals surface area contributed by atoms with Crippen molar-refractivity contribution in [3.05, 3.63) is 41.0 Å². The number of hydrogen-bond acceptors (Lipinski definition) is 6. The van der Waals surface area contributed by atoms with E-state index < -0.39 is 10.0 Å². The van der Waals surface area contributed by atoms with Crippen LogP contribution < -0.4 is 9.62 Å². The van der Waals surface area contributed by atoms with E-state index in [1.807, 2.05) is 12.1 Å². The molecule has 1 amide bonds. The summed E-state index contributed by atoms with van der Waals surface area (Å²) in [6.45, 7) is 4.27. The van der Waals surface area contributed by atoms with E-state index in [0.29, 0.717) is 44.3 Å². The van der Waals surface area contributed by atoms with Crippen molar-refractivity contribution in [2.75, 3.05) is 61.8 Å². The molecule has 2 aromatic rings. The van der Waals surface area contributed by atoms with E-state index in [9.17, 15) is 17.6 Å². The molecule has 33 heavy (non-hydrogen) atoms. The van der Waals surface area contributed by atoms with Gasteiger partial charge in [0.25, 0.3) is 0 Å². The Bertz CT molecular complexity index is 1100. The van der Waals surface area contributed by atoms with Gasteiger partial charge in [-0.1, -0.05) is 23.7 Å². The standard InChI is InChI=1S/C21H28ClFN6O3S/c1-33(31,32)25-19-6-8-29(24-19)21(30)27-11-9-26(10-12-27)15-17-3-2-4-18(22)20(17)28-7-5-16(13-23)14-28/h2-4,6,8,16H,5,7,9-15H2,1H3,(H,24,25)/t16-/m1/s1. The number of aromatic nitrogens is 2. The molecule has 2 aliphatic heterocycles. The van der Waals surface area contributed by atoms with Crippen molar-refractivity contribution in [3.8, 4) is 0 Å². The zero-order chi connectivity index (χ0) is 23.6. The number of carbonyl (C=O) groups is 1. The zero-order valence-electron chi connectivity index (χ0n) is 18.5. The molecule has 3 heterocycles. The Morgan fingerprint density at radius 1 is 1.21 bits per heavy atom. The van der Waals surface area contributed by atoms with Crippen molar-refractivity contribution in [1.82, 2.24) is 19.6 Å². The number of sulfonamides is 1. The summed E-state index contributed by atoms with van der Waals surface area (Å²) in [5.41, 5.74) is 2.08.